The van der Waals surface area contributed by atoms with E-state index in [0.29, 0.717) is 0 Å². The summed E-state index contributed by atoms with van der Waals surface area (Å²) in [6.07, 6.45) is 1.25. The van der Waals surface area contributed by atoms with Crippen LogP contribution in [0.4, 0.5) is 0 Å². The molecule has 0 fully saturated rings. The van der Waals surface area contributed by atoms with Gasteiger partial charge in [0.15, 0.2) is 0 Å². The smallest absolute Gasteiger partial charge is 1.00 e. The molecule has 0 saturated heterocycles. The summed E-state index contributed by atoms with van der Waals surface area (Å²) in [5.74, 6) is -0.0556. The Hall–Kier alpha value is -0.250. The van der Waals surface area contributed by atoms with Crippen molar-refractivity contribution in [1.29, 1.82) is 0 Å². The van der Waals surface area contributed by atoms with Crippen LogP contribution in [-0.4, -0.2) is 5.11 Å². The molecular weight excluding hydrogens is 143 g/mol. The maximum absolute atomic E-state index is 10.5. The van der Waals surface area contributed by atoms with Gasteiger partial charge in [-0.2, -0.15) is 0 Å². The van der Waals surface area contributed by atoms with Gasteiger partial charge in [-0.15, -0.1) is 0 Å². The molecule has 1 heterocycles. The summed E-state index contributed by atoms with van der Waals surface area (Å²) in [4.78, 5) is 10.5. The number of rotatable bonds is 0. The Bertz CT molecular complexity index is 271. The van der Waals surface area contributed by atoms with Crippen LogP contribution in [0.3, 0.4) is 0 Å². The third kappa shape index (κ3) is 1.87. The first kappa shape index (κ1) is 9.75. The van der Waals surface area contributed by atoms with Crippen molar-refractivity contribution in [2.24, 2.45) is 0 Å². The van der Waals surface area contributed by atoms with E-state index in [1.54, 1.807) is 0 Å². The van der Waals surface area contributed by atoms with Crippen molar-refractivity contribution in [3.05, 3.63) is 28.3 Å². The van der Waals surface area contributed by atoms with Crippen LogP contribution in [0.2, 0.25) is 0 Å². The second kappa shape index (κ2) is 3.81. The summed E-state index contributed by atoms with van der Waals surface area (Å²) in [6, 6.07) is 1.17. The van der Waals surface area contributed by atoms with Gasteiger partial charge in [0.05, 0.1) is 6.26 Å². The quantitative estimate of drug-likeness (QED) is 0.426. The average molecular weight is 150 g/mol. The van der Waals surface area contributed by atoms with Crippen molar-refractivity contribution in [2.75, 3.05) is 0 Å². The normalized spacial score (nSPS) is 8.50. The molecule has 4 heteroatoms. The van der Waals surface area contributed by atoms with Crippen LogP contribution in [0.1, 0.15) is 7.19 Å². The maximum atomic E-state index is 10.5. The number of hydrogen-bond donors (Lipinski definition) is 1. The van der Waals surface area contributed by atoms with Crippen molar-refractivity contribution in [2.45, 2.75) is 6.92 Å². The maximum Gasteiger partial charge on any atom is 1.00 e. The Labute approximate surface area is 81.5 Å². The number of aryl methyl sites for hydroxylation is 1. The second-order valence-electron chi connectivity index (χ2n) is 1.69. The number of aromatic hydroxyl groups is 1. The van der Waals surface area contributed by atoms with Gasteiger partial charge in [-0.25, -0.2) is 0 Å². The Kier molecular flexibility index (Phi) is 3.71. The molecular formula is C6H7NaO3. The zero-order valence-electron chi connectivity index (χ0n) is 6.92. The van der Waals surface area contributed by atoms with Crippen molar-refractivity contribution < 1.29 is 40.5 Å². The SMILES string of the molecule is Cc1occc(=O)c1O.[H-].[Na+]. The molecule has 0 amide bonds. The van der Waals surface area contributed by atoms with E-state index in [9.17, 15) is 4.79 Å². The molecule has 0 bridgehead atoms. The van der Waals surface area contributed by atoms with Gasteiger partial charge >= 0.3 is 29.6 Å². The average Bonchev–Trinajstić information content (AvgIpc) is 1.83. The van der Waals surface area contributed by atoms with Crippen molar-refractivity contribution in [3.8, 4) is 5.75 Å². The van der Waals surface area contributed by atoms with E-state index in [1.165, 1.54) is 19.3 Å². The fourth-order valence-corrected chi connectivity index (χ4v) is 0.506. The molecule has 1 aromatic rings. The predicted molar refractivity (Wildman–Crippen MR) is 32.5 cm³/mol. The minimum atomic E-state index is -0.404. The van der Waals surface area contributed by atoms with Crippen LogP contribution in [0.25, 0.3) is 0 Å². The monoisotopic (exact) mass is 150 g/mol. The second-order valence-corrected chi connectivity index (χ2v) is 1.69. The third-order valence-electron chi connectivity index (χ3n) is 1.03. The fraction of sp³-hybridized carbons (Fsp3) is 0.167. The zero-order chi connectivity index (χ0) is 6.85. The van der Waals surface area contributed by atoms with E-state index < -0.39 is 5.43 Å². The molecule has 3 nitrogen and oxygen atoms in total. The molecule has 0 atom stereocenters. The van der Waals surface area contributed by atoms with Crippen LogP contribution in [0.5, 0.6) is 5.75 Å². The van der Waals surface area contributed by atoms with Crippen molar-refractivity contribution >= 4 is 0 Å². The van der Waals surface area contributed by atoms with E-state index in [-0.39, 0.29) is 42.5 Å². The van der Waals surface area contributed by atoms with E-state index >= 15 is 0 Å². The van der Waals surface area contributed by atoms with Crippen molar-refractivity contribution in [1.82, 2.24) is 0 Å². The van der Waals surface area contributed by atoms with Crippen LogP contribution < -0.4 is 35.0 Å². The van der Waals surface area contributed by atoms with Crippen LogP contribution >= 0.6 is 0 Å². The summed E-state index contributed by atoms with van der Waals surface area (Å²) in [5.41, 5.74) is -0.404. The Morgan fingerprint density at radius 1 is 1.70 bits per heavy atom. The van der Waals surface area contributed by atoms with Gasteiger partial charge in [0.2, 0.25) is 11.2 Å². The summed E-state index contributed by atoms with van der Waals surface area (Å²) in [5, 5.41) is 8.80. The molecule has 10 heavy (non-hydrogen) atoms. The zero-order valence-corrected chi connectivity index (χ0v) is 7.92. The van der Waals surface area contributed by atoms with Gasteiger partial charge in [-0.05, 0) is 6.92 Å². The Morgan fingerprint density at radius 3 is 2.70 bits per heavy atom. The molecule has 0 radical (unpaired) electrons. The van der Waals surface area contributed by atoms with Crippen LogP contribution in [0.15, 0.2) is 21.5 Å². The van der Waals surface area contributed by atoms with E-state index in [1.807, 2.05) is 0 Å². The van der Waals surface area contributed by atoms with E-state index in [4.69, 9.17) is 5.11 Å². The Morgan fingerprint density at radius 2 is 2.30 bits per heavy atom. The Balaban J connectivity index is 0. The van der Waals surface area contributed by atoms with Gasteiger partial charge in [0.25, 0.3) is 0 Å². The predicted octanol–water partition coefficient (Wildman–Crippen LogP) is -2.23. The number of hydrogen-bond acceptors (Lipinski definition) is 3. The molecule has 0 aliphatic heterocycles. The summed E-state index contributed by atoms with van der Waals surface area (Å²) in [6.45, 7) is 1.52. The molecule has 0 unspecified atom stereocenters. The first-order valence-corrected chi connectivity index (χ1v) is 2.49. The summed E-state index contributed by atoms with van der Waals surface area (Å²) >= 11 is 0. The van der Waals surface area contributed by atoms with Crippen molar-refractivity contribution in [3.63, 3.8) is 0 Å². The van der Waals surface area contributed by atoms with Gasteiger partial charge in [0.1, 0.15) is 5.76 Å². The minimum Gasteiger partial charge on any atom is -1.00 e. The minimum absolute atomic E-state index is 0. The molecule has 1 N–H and O–H groups in total. The van der Waals surface area contributed by atoms with Crippen LogP contribution in [-0.2, 0) is 0 Å². The molecule has 1 rings (SSSR count). The molecule has 0 spiro atoms. The van der Waals surface area contributed by atoms with Crippen LogP contribution in [0, 0.1) is 6.92 Å². The fourth-order valence-electron chi connectivity index (χ4n) is 0.506. The van der Waals surface area contributed by atoms with E-state index in [0.717, 1.165) is 0 Å². The molecule has 0 aromatic carbocycles. The molecule has 0 aliphatic rings. The van der Waals surface area contributed by atoms with E-state index in [2.05, 4.69) is 4.42 Å². The standard InChI is InChI=1S/C6H6O3.Na.H/c1-4-6(8)5(7)2-3-9-4;;/h2-3,8H,1H3;;/q;+1;-1. The summed E-state index contributed by atoms with van der Waals surface area (Å²) < 4.78 is 4.69. The first-order valence-electron chi connectivity index (χ1n) is 2.49. The van der Waals surface area contributed by atoms with Gasteiger partial charge in [-0.1, -0.05) is 0 Å². The summed E-state index contributed by atoms with van der Waals surface area (Å²) in [7, 11) is 0. The largest absolute Gasteiger partial charge is 1.00 e. The van der Waals surface area contributed by atoms with Gasteiger partial charge in [-0.3, -0.25) is 4.79 Å². The molecule has 0 aliphatic carbocycles. The molecule has 50 valence electrons. The van der Waals surface area contributed by atoms with Gasteiger partial charge in [0, 0.05) is 6.07 Å². The molecule has 0 saturated carbocycles. The first-order chi connectivity index (χ1) is 4.22. The van der Waals surface area contributed by atoms with Gasteiger partial charge < -0.3 is 11.0 Å². The third-order valence-corrected chi connectivity index (χ3v) is 1.03. The molecule has 1 aromatic heterocycles. The topological polar surface area (TPSA) is 50.4 Å².